The lowest BCUT2D eigenvalue weighted by Gasteiger charge is -2.18. The van der Waals surface area contributed by atoms with Gasteiger partial charge in [-0.1, -0.05) is 30.3 Å². The number of carbonyl (C=O) groups excluding carboxylic acids is 1. The summed E-state index contributed by atoms with van der Waals surface area (Å²) < 4.78 is 10.9. The smallest absolute Gasteiger partial charge is 0.257 e. The Balaban J connectivity index is 1.90. The third-order valence-electron chi connectivity index (χ3n) is 3.53. The second-order valence-electron chi connectivity index (χ2n) is 5.12. The lowest BCUT2D eigenvalue weighted by atomic mass is 10.0. The molecule has 24 heavy (non-hydrogen) atoms. The van der Waals surface area contributed by atoms with Crippen LogP contribution in [0.5, 0.6) is 5.88 Å². The molecular formula is C19H18N2O3. The van der Waals surface area contributed by atoms with E-state index in [2.05, 4.69) is 10.3 Å². The first-order valence-electron chi connectivity index (χ1n) is 7.76. The van der Waals surface area contributed by atoms with Gasteiger partial charge in [-0.15, -0.1) is 0 Å². The van der Waals surface area contributed by atoms with Gasteiger partial charge >= 0.3 is 0 Å². The van der Waals surface area contributed by atoms with Gasteiger partial charge in [0.05, 0.1) is 12.9 Å². The predicted molar refractivity (Wildman–Crippen MR) is 89.9 cm³/mol. The molecule has 3 rings (SSSR count). The number of carbonyl (C=O) groups is 1. The first kappa shape index (κ1) is 15.8. The Kier molecular flexibility index (Phi) is 4.91. The van der Waals surface area contributed by atoms with Crippen molar-refractivity contribution in [2.75, 3.05) is 6.61 Å². The molecule has 0 fully saturated rings. The summed E-state index contributed by atoms with van der Waals surface area (Å²) in [5.74, 6) is 0.719. The summed E-state index contributed by atoms with van der Waals surface area (Å²) in [6, 6.07) is 16.3. The largest absolute Gasteiger partial charge is 0.477 e. The maximum absolute atomic E-state index is 12.7. The van der Waals surface area contributed by atoms with Crippen molar-refractivity contribution in [1.29, 1.82) is 0 Å². The van der Waals surface area contributed by atoms with E-state index in [4.69, 9.17) is 9.15 Å². The number of ether oxygens (including phenoxy) is 1. The van der Waals surface area contributed by atoms with Gasteiger partial charge < -0.3 is 14.5 Å². The number of nitrogens with zero attached hydrogens (tertiary/aromatic N) is 1. The standard InChI is InChI=1S/C19H18N2O3/c1-2-23-19-15(10-6-12-20-19)18(22)21-17(16-11-7-13-24-16)14-8-4-3-5-9-14/h3-13,17H,2H2,1H3,(H,21,22). The molecule has 0 aliphatic carbocycles. The van der Waals surface area contributed by atoms with Crippen LogP contribution in [0.1, 0.15) is 34.6 Å². The molecule has 0 radical (unpaired) electrons. The van der Waals surface area contributed by atoms with Crippen LogP contribution in [0.2, 0.25) is 0 Å². The molecule has 3 aromatic rings. The van der Waals surface area contributed by atoms with Crippen molar-refractivity contribution in [2.45, 2.75) is 13.0 Å². The van der Waals surface area contributed by atoms with Crippen LogP contribution in [0.25, 0.3) is 0 Å². The molecule has 5 nitrogen and oxygen atoms in total. The molecular weight excluding hydrogens is 304 g/mol. The summed E-state index contributed by atoms with van der Waals surface area (Å²) >= 11 is 0. The SMILES string of the molecule is CCOc1ncccc1C(=O)NC(c1ccccc1)c1ccco1. The summed E-state index contributed by atoms with van der Waals surface area (Å²) in [5.41, 5.74) is 1.33. The zero-order valence-electron chi connectivity index (χ0n) is 13.3. The van der Waals surface area contributed by atoms with Gasteiger partial charge in [-0.05, 0) is 36.8 Å². The molecule has 0 spiro atoms. The number of nitrogens with one attached hydrogen (secondary N) is 1. The molecule has 1 N–H and O–H groups in total. The molecule has 1 aromatic carbocycles. The molecule has 0 bridgehead atoms. The zero-order valence-corrected chi connectivity index (χ0v) is 13.3. The van der Waals surface area contributed by atoms with Gasteiger partial charge in [-0.2, -0.15) is 0 Å². The summed E-state index contributed by atoms with van der Waals surface area (Å²) in [5, 5.41) is 3.00. The second kappa shape index (κ2) is 7.46. The number of hydrogen-bond acceptors (Lipinski definition) is 4. The molecule has 2 heterocycles. The molecule has 0 saturated heterocycles. The van der Waals surface area contributed by atoms with E-state index in [1.54, 1.807) is 30.7 Å². The quantitative estimate of drug-likeness (QED) is 0.753. The fourth-order valence-corrected chi connectivity index (χ4v) is 2.44. The summed E-state index contributed by atoms with van der Waals surface area (Å²) in [7, 11) is 0. The third kappa shape index (κ3) is 3.46. The Morgan fingerprint density at radius 3 is 2.71 bits per heavy atom. The van der Waals surface area contributed by atoms with Crippen LogP contribution in [-0.4, -0.2) is 17.5 Å². The fraction of sp³-hybridized carbons (Fsp3) is 0.158. The van der Waals surface area contributed by atoms with Gasteiger partial charge in [-0.25, -0.2) is 4.98 Å². The van der Waals surface area contributed by atoms with Gasteiger partial charge in [0.15, 0.2) is 0 Å². The Morgan fingerprint density at radius 2 is 2.00 bits per heavy atom. The van der Waals surface area contributed by atoms with Crippen molar-refractivity contribution >= 4 is 5.91 Å². The van der Waals surface area contributed by atoms with E-state index in [1.165, 1.54) is 0 Å². The van der Waals surface area contributed by atoms with E-state index in [0.29, 0.717) is 23.8 Å². The summed E-state index contributed by atoms with van der Waals surface area (Å²) in [4.78, 5) is 16.9. The maximum atomic E-state index is 12.7. The number of aromatic nitrogens is 1. The van der Waals surface area contributed by atoms with Gasteiger partial charge in [0.25, 0.3) is 5.91 Å². The number of benzene rings is 1. The molecule has 0 saturated carbocycles. The van der Waals surface area contributed by atoms with Gasteiger partial charge in [0, 0.05) is 6.20 Å². The van der Waals surface area contributed by atoms with Crippen LogP contribution in [-0.2, 0) is 0 Å². The highest BCUT2D eigenvalue weighted by Gasteiger charge is 2.22. The Morgan fingerprint density at radius 1 is 1.17 bits per heavy atom. The molecule has 0 aliphatic heterocycles. The summed E-state index contributed by atoms with van der Waals surface area (Å²) in [6.07, 6.45) is 3.19. The van der Waals surface area contributed by atoms with E-state index in [0.717, 1.165) is 5.56 Å². The van der Waals surface area contributed by atoms with Crippen molar-refractivity contribution in [2.24, 2.45) is 0 Å². The van der Waals surface area contributed by atoms with Crippen molar-refractivity contribution in [3.05, 3.63) is 83.9 Å². The number of amides is 1. The van der Waals surface area contributed by atoms with E-state index in [9.17, 15) is 4.79 Å². The van der Waals surface area contributed by atoms with Crippen molar-refractivity contribution in [1.82, 2.24) is 10.3 Å². The number of hydrogen-bond donors (Lipinski definition) is 1. The number of furan rings is 1. The van der Waals surface area contributed by atoms with Crippen LogP contribution in [0, 0.1) is 0 Å². The highest BCUT2D eigenvalue weighted by molar-refractivity contribution is 5.96. The minimum Gasteiger partial charge on any atom is -0.477 e. The monoisotopic (exact) mass is 322 g/mol. The number of rotatable bonds is 6. The van der Waals surface area contributed by atoms with Crippen molar-refractivity contribution < 1.29 is 13.9 Å². The third-order valence-corrected chi connectivity index (χ3v) is 3.53. The van der Waals surface area contributed by atoms with Crippen LogP contribution in [0.3, 0.4) is 0 Å². The van der Waals surface area contributed by atoms with Crippen LogP contribution in [0.15, 0.2) is 71.5 Å². The molecule has 1 unspecified atom stereocenters. The van der Waals surface area contributed by atoms with Crippen molar-refractivity contribution in [3.8, 4) is 5.88 Å². The average molecular weight is 322 g/mol. The molecule has 0 aliphatic rings. The lowest BCUT2D eigenvalue weighted by Crippen LogP contribution is -2.29. The molecule has 1 amide bonds. The normalized spacial score (nSPS) is 11.7. The predicted octanol–water partition coefficient (Wildman–Crippen LogP) is 3.59. The fourth-order valence-electron chi connectivity index (χ4n) is 2.44. The van der Waals surface area contributed by atoms with Gasteiger partial charge in [-0.3, -0.25) is 4.79 Å². The van der Waals surface area contributed by atoms with Crippen LogP contribution >= 0.6 is 0 Å². The van der Waals surface area contributed by atoms with E-state index in [-0.39, 0.29) is 11.9 Å². The minimum absolute atomic E-state index is 0.267. The topological polar surface area (TPSA) is 64.4 Å². The maximum Gasteiger partial charge on any atom is 0.257 e. The Labute approximate surface area is 140 Å². The Bertz CT molecular complexity index is 785. The minimum atomic E-state index is -0.386. The number of pyridine rings is 1. The van der Waals surface area contributed by atoms with Gasteiger partial charge in [0.2, 0.25) is 5.88 Å². The first-order valence-corrected chi connectivity index (χ1v) is 7.76. The van der Waals surface area contributed by atoms with E-state index in [1.807, 2.05) is 43.3 Å². The lowest BCUT2D eigenvalue weighted by molar-refractivity contribution is 0.0934. The Hall–Kier alpha value is -3.08. The molecule has 5 heteroatoms. The second-order valence-corrected chi connectivity index (χ2v) is 5.12. The highest BCUT2D eigenvalue weighted by Crippen LogP contribution is 2.24. The first-order chi connectivity index (χ1) is 11.8. The average Bonchev–Trinajstić information content (AvgIpc) is 3.15. The van der Waals surface area contributed by atoms with Crippen LogP contribution < -0.4 is 10.1 Å². The molecule has 2 aromatic heterocycles. The van der Waals surface area contributed by atoms with Crippen LogP contribution in [0.4, 0.5) is 0 Å². The highest BCUT2D eigenvalue weighted by atomic mass is 16.5. The zero-order chi connectivity index (χ0) is 16.8. The van der Waals surface area contributed by atoms with E-state index < -0.39 is 0 Å². The summed E-state index contributed by atoms with van der Waals surface area (Å²) in [6.45, 7) is 2.30. The van der Waals surface area contributed by atoms with E-state index >= 15 is 0 Å². The molecule has 122 valence electrons. The molecule has 1 atom stereocenters. The van der Waals surface area contributed by atoms with Gasteiger partial charge in [0.1, 0.15) is 17.4 Å². The van der Waals surface area contributed by atoms with Crippen molar-refractivity contribution in [3.63, 3.8) is 0 Å².